The number of hydrogen-bond donors (Lipinski definition) is 2. The zero-order valence-corrected chi connectivity index (χ0v) is 15.7. The number of nitrogens with zero attached hydrogens (tertiary/aromatic N) is 2. The predicted octanol–water partition coefficient (Wildman–Crippen LogP) is 2.64. The van der Waals surface area contributed by atoms with Crippen molar-refractivity contribution in [1.29, 1.82) is 0 Å². The van der Waals surface area contributed by atoms with E-state index in [1.165, 1.54) is 24.3 Å². The molecular weight excluding hydrogens is 383 g/mol. The van der Waals surface area contributed by atoms with Crippen LogP contribution in [-0.2, 0) is 16.6 Å². The third kappa shape index (κ3) is 4.95. The summed E-state index contributed by atoms with van der Waals surface area (Å²) in [5.41, 5.74) is 0.309. The first-order valence-electron chi connectivity index (χ1n) is 8.57. The number of aryl methyl sites for hydroxylation is 1. The zero-order valence-electron chi connectivity index (χ0n) is 14.9. The number of imidazole rings is 1. The van der Waals surface area contributed by atoms with Gasteiger partial charge in [0.05, 0.1) is 22.5 Å². The highest BCUT2D eigenvalue weighted by molar-refractivity contribution is 7.92. The molecule has 0 bridgehead atoms. The molecule has 1 amide bonds. The second-order valence-electron chi connectivity index (χ2n) is 6.02. The molecule has 1 heterocycles. The fourth-order valence-electron chi connectivity index (χ4n) is 2.59. The van der Waals surface area contributed by atoms with Gasteiger partial charge < -0.3 is 9.88 Å². The van der Waals surface area contributed by atoms with Gasteiger partial charge in [-0.2, -0.15) is 0 Å². The van der Waals surface area contributed by atoms with E-state index < -0.39 is 21.7 Å². The van der Waals surface area contributed by atoms with Gasteiger partial charge in [0.15, 0.2) is 0 Å². The molecule has 0 unspecified atom stereocenters. The van der Waals surface area contributed by atoms with Gasteiger partial charge in [0.25, 0.3) is 15.9 Å². The van der Waals surface area contributed by atoms with Crippen molar-refractivity contribution in [3.8, 4) is 0 Å². The molecule has 2 aromatic carbocycles. The Hall–Kier alpha value is -3.20. The quantitative estimate of drug-likeness (QED) is 0.567. The van der Waals surface area contributed by atoms with E-state index in [4.69, 9.17) is 0 Å². The van der Waals surface area contributed by atoms with E-state index in [1.807, 2.05) is 10.8 Å². The van der Waals surface area contributed by atoms with Gasteiger partial charge in [0.1, 0.15) is 5.82 Å². The molecule has 9 heteroatoms. The Morgan fingerprint density at radius 2 is 1.96 bits per heavy atom. The Labute approximate surface area is 162 Å². The third-order valence-electron chi connectivity index (χ3n) is 3.96. The van der Waals surface area contributed by atoms with Gasteiger partial charge in [-0.25, -0.2) is 17.8 Å². The number of carbonyl (C=O) groups excluding carboxylic acids is 1. The number of benzene rings is 2. The van der Waals surface area contributed by atoms with Crippen molar-refractivity contribution in [3.63, 3.8) is 0 Å². The number of aromatic nitrogens is 2. The van der Waals surface area contributed by atoms with Gasteiger partial charge in [-0.15, -0.1) is 0 Å². The van der Waals surface area contributed by atoms with Gasteiger partial charge in [0.2, 0.25) is 0 Å². The monoisotopic (exact) mass is 402 g/mol. The number of hydrogen-bond acceptors (Lipinski definition) is 4. The van der Waals surface area contributed by atoms with E-state index >= 15 is 0 Å². The Morgan fingerprint density at radius 1 is 1.14 bits per heavy atom. The van der Waals surface area contributed by atoms with Crippen LogP contribution < -0.4 is 10.0 Å². The maximum Gasteiger partial charge on any atom is 0.262 e. The maximum absolute atomic E-state index is 13.4. The molecule has 0 radical (unpaired) electrons. The second kappa shape index (κ2) is 8.66. The number of nitrogens with one attached hydrogen (secondary N) is 2. The lowest BCUT2D eigenvalue weighted by atomic mass is 10.1. The van der Waals surface area contributed by atoms with Crippen LogP contribution in [0.25, 0.3) is 0 Å². The molecular formula is C19H19FN4O3S. The molecule has 0 saturated heterocycles. The van der Waals surface area contributed by atoms with Crippen LogP contribution in [-0.4, -0.2) is 30.4 Å². The van der Waals surface area contributed by atoms with Crippen molar-refractivity contribution in [3.05, 3.63) is 78.6 Å². The van der Waals surface area contributed by atoms with Gasteiger partial charge in [-0.1, -0.05) is 18.2 Å². The van der Waals surface area contributed by atoms with Crippen LogP contribution in [0.2, 0.25) is 0 Å². The average molecular weight is 402 g/mol. The normalized spacial score (nSPS) is 11.2. The van der Waals surface area contributed by atoms with Crippen LogP contribution in [0.3, 0.4) is 0 Å². The first-order chi connectivity index (χ1) is 13.5. The average Bonchev–Trinajstić information content (AvgIpc) is 3.19. The lowest BCUT2D eigenvalue weighted by Crippen LogP contribution is -2.26. The third-order valence-corrected chi connectivity index (χ3v) is 5.32. The van der Waals surface area contributed by atoms with E-state index in [0.29, 0.717) is 19.5 Å². The molecule has 0 saturated carbocycles. The molecule has 0 atom stereocenters. The van der Waals surface area contributed by atoms with E-state index in [1.54, 1.807) is 24.7 Å². The molecule has 0 spiro atoms. The van der Waals surface area contributed by atoms with Crippen LogP contribution in [0.5, 0.6) is 0 Å². The molecule has 3 aromatic rings. The molecule has 2 N–H and O–H groups in total. The van der Waals surface area contributed by atoms with Crippen LogP contribution in [0, 0.1) is 5.82 Å². The number of anilines is 1. The van der Waals surface area contributed by atoms with Crippen LogP contribution in [0.4, 0.5) is 10.1 Å². The van der Waals surface area contributed by atoms with Gasteiger partial charge >= 0.3 is 0 Å². The summed E-state index contributed by atoms with van der Waals surface area (Å²) in [6.45, 7) is 1.12. The highest BCUT2D eigenvalue weighted by Crippen LogP contribution is 2.20. The highest BCUT2D eigenvalue weighted by atomic mass is 32.2. The minimum atomic E-state index is -4.03. The van der Waals surface area contributed by atoms with Crippen molar-refractivity contribution in [2.45, 2.75) is 17.9 Å². The maximum atomic E-state index is 13.4. The Bertz CT molecular complexity index is 1050. The SMILES string of the molecule is O=C(NCCCn1ccnc1)c1ccccc1NS(=O)(=O)c1cccc(F)c1. The first kappa shape index (κ1) is 19.6. The summed E-state index contributed by atoms with van der Waals surface area (Å²) in [5.74, 6) is -1.06. The number of para-hydroxylation sites is 1. The minimum Gasteiger partial charge on any atom is -0.352 e. The van der Waals surface area contributed by atoms with Crippen molar-refractivity contribution >= 4 is 21.6 Å². The largest absolute Gasteiger partial charge is 0.352 e. The Balaban J connectivity index is 1.67. The minimum absolute atomic E-state index is 0.124. The predicted molar refractivity (Wildman–Crippen MR) is 103 cm³/mol. The molecule has 0 aliphatic rings. The lowest BCUT2D eigenvalue weighted by molar-refractivity contribution is 0.0953. The van der Waals surface area contributed by atoms with Crippen LogP contribution >= 0.6 is 0 Å². The lowest BCUT2D eigenvalue weighted by Gasteiger charge is -2.13. The highest BCUT2D eigenvalue weighted by Gasteiger charge is 2.18. The molecule has 1 aromatic heterocycles. The summed E-state index contributed by atoms with van der Waals surface area (Å²) in [5, 5.41) is 2.77. The first-order valence-corrected chi connectivity index (χ1v) is 10.1. The standard InChI is InChI=1S/C19H19FN4O3S/c20-15-5-3-6-16(13-15)28(26,27)23-18-8-2-1-7-17(18)19(25)22-9-4-11-24-12-10-21-14-24/h1-3,5-8,10,12-14,23H,4,9,11H2,(H,22,25). The summed E-state index contributed by atoms with van der Waals surface area (Å²) < 4.78 is 42.6. The summed E-state index contributed by atoms with van der Waals surface area (Å²) in [7, 11) is -4.03. The summed E-state index contributed by atoms with van der Waals surface area (Å²) in [4.78, 5) is 16.2. The molecule has 0 fully saturated rings. The molecule has 146 valence electrons. The number of sulfonamides is 1. The topological polar surface area (TPSA) is 93.1 Å². The molecule has 7 nitrogen and oxygen atoms in total. The molecule has 28 heavy (non-hydrogen) atoms. The summed E-state index contributed by atoms with van der Waals surface area (Å²) in [6.07, 6.45) is 5.90. The van der Waals surface area contributed by atoms with Crippen molar-refractivity contribution in [2.75, 3.05) is 11.3 Å². The van der Waals surface area contributed by atoms with E-state index in [-0.39, 0.29) is 16.1 Å². The number of halogens is 1. The number of rotatable bonds is 8. The van der Waals surface area contributed by atoms with Crippen molar-refractivity contribution < 1.29 is 17.6 Å². The summed E-state index contributed by atoms with van der Waals surface area (Å²) in [6, 6.07) is 10.9. The number of amides is 1. The Morgan fingerprint density at radius 3 is 2.71 bits per heavy atom. The van der Waals surface area contributed by atoms with Gasteiger partial charge in [-0.3, -0.25) is 9.52 Å². The van der Waals surface area contributed by atoms with Crippen molar-refractivity contribution in [1.82, 2.24) is 14.9 Å². The second-order valence-corrected chi connectivity index (χ2v) is 7.70. The van der Waals surface area contributed by atoms with E-state index in [9.17, 15) is 17.6 Å². The van der Waals surface area contributed by atoms with Crippen LogP contribution in [0.1, 0.15) is 16.8 Å². The van der Waals surface area contributed by atoms with E-state index in [0.717, 1.165) is 12.1 Å². The smallest absolute Gasteiger partial charge is 0.262 e. The van der Waals surface area contributed by atoms with E-state index in [2.05, 4.69) is 15.0 Å². The van der Waals surface area contributed by atoms with Crippen LogP contribution in [0.15, 0.2) is 72.1 Å². The molecule has 0 aliphatic heterocycles. The molecule has 3 rings (SSSR count). The molecule has 0 aliphatic carbocycles. The fourth-order valence-corrected chi connectivity index (χ4v) is 3.70. The summed E-state index contributed by atoms with van der Waals surface area (Å²) >= 11 is 0. The van der Waals surface area contributed by atoms with Gasteiger partial charge in [-0.05, 0) is 36.8 Å². The fraction of sp³-hybridized carbons (Fsp3) is 0.158. The van der Waals surface area contributed by atoms with Crippen molar-refractivity contribution in [2.24, 2.45) is 0 Å². The van der Waals surface area contributed by atoms with Gasteiger partial charge in [0, 0.05) is 25.5 Å². The Kier molecular flexibility index (Phi) is 6.05. The zero-order chi connectivity index (χ0) is 20.0. The number of carbonyl (C=O) groups is 1.